The second-order valence-electron chi connectivity index (χ2n) is 9.02. The van der Waals surface area contributed by atoms with Crippen molar-refractivity contribution in [2.75, 3.05) is 24.5 Å². The van der Waals surface area contributed by atoms with E-state index in [1.54, 1.807) is 12.1 Å². The second-order valence-corrected chi connectivity index (χ2v) is 9.02. The first-order chi connectivity index (χ1) is 17.2. The first-order valence-corrected chi connectivity index (χ1v) is 12.0. The molecule has 0 aliphatic carbocycles. The maximum atomic E-state index is 13.6. The van der Waals surface area contributed by atoms with Crippen molar-refractivity contribution >= 4 is 29.7 Å². The van der Waals surface area contributed by atoms with Gasteiger partial charge in [-0.25, -0.2) is 4.39 Å². The first-order valence-electron chi connectivity index (χ1n) is 12.0. The number of anilines is 2. The van der Waals surface area contributed by atoms with Crippen molar-refractivity contribution in [2.45, 2.75) is 38.3 Å². The van der Waals surface area contributed by atoms with Gasteiger partial charge in [0, 0.05) is 11.4 Å². The minimum absolute atomic E-state index is 0. The number of rotatable bonds is 7. The van der Waals surface area contributed by atoms with Crippen molar-refractivity contribution in [2.24, 2.45) is 0 Å². The Bertz CT molecular complexity index is 1180. The number of hydrogen-bond acceptors (Lipinski definition) is 3. The summed E-state index contributed by atoms with van der Waals surface area (Å²) in [6, 6.07) is 14.7. The van der Waals surface area contributed by atoms with Gasteiger partial charge in [-0.2, -0.15) is 13.2 Å². The van der Waals surface area contributed by atoms with Gasteiger partial charge in [-0.05, 0) is 105 Å². The molecular weight excluding hydrogens is 508 g/mol. The van der Waals surface area contributed by atoms with E-state index in [0.29, 0.717) is 11.8 Å². The fourth-order valence-corrected chi connectivity index (χ4v) is 4.54. The van der Waals surface area contributed by atoms with Gasteiger partial charge < -0.3 is 10.0 Å². The number of piperidine rings is 1. The Kier molecular flexibility index (Phi) is 9.56. The van der Waals surface area contributed by atoms with Gasteiger partial charge in [-0.1, -0.05) is 18.6 Å². The molecule has 0 aromatic heterocycles. The number of amides is 1. The van der Waals surface area contributed by atoms with E-state index in [-0.39, 0.29) is 23.8 Å². The van der Waals surface area contributed by atoms with Crippen molar-refractivity contribution in [1.82, 2.24) is 4.90 Å². The lowest BCUT2D eigenvalue weighted by atomic mass is 10.0. The first kappa shape index (κ1) is 28.5. The second kappa shape index (κ2) is 12.4. The van der Waals surface area contributed by atoms with Crippen LogP contribution in [0.4, 0.5) is 28.9 Å². The van der Waals surface area contributed by atoms with Crippen molar-refractivity contribution in [1.29, 1.82) is 0 Å². The fraction of sp³-hybridized carbons (Fsp3) is 0.321. The Labute approximate surface area is 219 Å². The van der Waals surface area contributed by atoms with Gasteiger partial charge >= 0.3 is 6.18 Å². The molecule has 0 spiro atoms. The minimum atomic E-state index is -4.91. The average Bonchev–Trinajstić information content (AvgIpc) is 2.86. The van der Waals surface area contributed by atoms with Crippen LogP contribution in [0.25, 0.3) is 0 Å². The van der Waals surface area contributed by atoms with Crippen LogP contribution in [-0.4, -0.2) is 35.5 Å². The van der Waals surface area contributed by atoms with Crippen molar-refractivity contribution < 1.29 is 27.5 Å². The number of phenols is 1. The number of alkyl halides is 3. The zero-order chi connectivity index (χ0) is 25.7. The van der Waals surface area contributed by atoms with Crippen LogP contribution in [-0.2, 0) is 12.6 Å². The molecule has 1 saturated heterocycles. The van der Waals surface area contributed by atoms with Gasteiger partial charge in [-0.15, -0.1) is 12.4 Å². The lowest BCUT2D eigenvalue weighted by Crippen LogP contribution is -2.30. The monoisotopic (exact) mass is 536 g/mol. The molecule has 4 rings (SSSR count). The van der Waals surface area contributed by atoms with E-state index in [9.17, 15) is 27.5 Å². The highest BCUT2D eigenvalue weighted by molar-refractivity contribution is 6.11. The van der Waals surface area contributed by atoms with Crippen LogP contribution in [0.5, 0.6) is 5.75 Å². The Morgan fingerprint density at radius 1 is 0.892 bits per heavy atom. The maximum Gasteiger partial charge on any atom is 0.417 e. The van der Waals surface area contributed by atoms with E-state index < -0.39 is 29.0 Å². The normalized spacial score (nSPS) is 14.2. The highest BCUT2D eigenvalue weighted by Crippen LogP contribution is 2.36. The van der Waals surface area contributed by atoms with E-state index in [2.05, 4.69) is 4.90 Å². The molecule has 1 heterocycles. The number of likely N-dealkylation sites (tertiary alicyclic amines) is 1. The summed E-state index contributed by atoms with van der Waals surface area (Å²) < 4.78 is 54.6. The average molecular weight is 537 g/mol. The number of halogens is 5. The quantitative estimate of drug-likeness (QED) is 0.321. The Hall–Kier alpha value is -3.10. The molecule has 0 atom stereocenters. The van der Waals surface area contributed by atoms with Gasteiger partial charge in [0.1, 0.15) is 11.6 Å². The molecule has 0 saturated carbocycles. The Morgan fingerprint density at radius 3 is 2.08 bits per heavy atom. The van der Waals surface area contributed by atoms with Crippen LogP contribution < -0.4 is 4.90 Å². The highest BCUT2D eigenvalue weighted by atomic mass is 35.5. The van der Waals surface area contributed by atoms with E-state index in [0.717, 1.165) is 55.1 Å². The third-order valence-corrected chi connectivity index (χ3v) is 6.41. The van der Waals surface area contributed by atoms with Crippen LogP contribution in [0.1, 0.15) is 47.2 Å². The zero-order valence-electron chi connectivity index (χ0n) is 20.2. The molecular formula is C28H29ClF4N2O2. The van der Waals surface area contributed by atoms with Gasteiger partial charge in [0.05, 0.1) is 11.1 Å². The standard InChI is InChI=1S/C28H28F4N2O2.ClH/c29-21-8-15-25(26(19-21)28(30,31)32)27(36)34(23-11-13-24(35)14-12-23)22-9-6-20(7-10-22)5-4-18-33-16-2-1-3-17-33;/h6-15,19,35H,1-5,16-18H2;1H. The van der Waals surface area contributed by atoms with Crippen LogP contribution in [0.2, 0.25) is 0 Å². The number of phenolic OH excluding ortho intramolecular Hbond substituents is 1. The predicted molar refractivity (Wildman–Crippen MR) is 138 cm³/mol. The van der Waals surface area contributed by atoms with E-state index in [1.807, 2.05) is 12.1 Å². The number of aryl methyl sites for hydroxylation is 1. The van der Waals surface area contributed by atoms with Crippen LogP contribution in [0.15, 0.2) is 66.7 Å². The van der Waals surface area contributed by atoms with Crippen molar-refractivity contribution in [3.8, 4) is 5.75 Å². The molecule has 37 heavy (non-hydrogen) atoms. The van der Waals surface area contributed by atoms with Gasteiger partial charge in [-0.3, -0.25) is 9.69 Å². The van der Waals surface area contributed by atoms with Gasteiger partial charge in [0.25, 0.3) is 5.91 Å². The summed E-state index contributed by atoms with van der Waals surface area (Å²) in [7, 11) is 0. The summed E-state index contributed by atoms with van der Waals surface area (Å²) in [6.07, 6.45) is 0.687. The SMILES string of the molecule is Cl.O=C(c1ccc(F)cc1C(F)(F)F)N(c1ccc(O)cc1)c1ccc(CCCN2CCCCC2)cc1. The molecule has 0 bridgehead atoms. The van der Waals surface area contributed by atoms with E-state index >= 15 is 0 Å². The van der Waals surface area contributed by atoms with Crippen LogP contribution >= 0.6 is 12.4 Å². The summed E-state index contributed by atoms with van der Waals surface area (Å²) in [5.41, 5.74) is -0.309. The topological polar surface area (TPSA) is 43.8 Å². The Balaban J connectivity index is 0.00000380. The van der Waals surface area contributed by atoms with E-state index in [4.69, 9.17) is 0 Å². The summed E-state index contributed by atoms with van der Waals surface area (Å²) in [4.78, 5) is 17.1. The summed E-state index contributed by atoms with van der Waals surface area (Å²) in [6.45, 7) is 3.28. The Morgan fingerprint density at radius 2 is 1.49 bits per heavy atom. The number of carbonyl (C=O) groups is 1. The molecule has 1 fully saturated rings. The lowest BCUT2D eigenvalue weighted by molar-refractivity contribution is -0.138. The number of nitrogens with zero attached hydrogens (tertiary/aromatic N) is 2. The molecule has 1 N–H and O–H groups in total. The number of benzene rings is 3. The number of hydrogen-bond donors (Lipinski definition) is 1. The number of carbonyl (C=O) groups excluding carboxylic acids is 1. The van der Waals surface area contributed by atoms with Crippen molar-refractivity contribution in [3.05, 3.63) is 89.2 Å². The molecule has 1 aliphatic rings. The minimum Gasteiger partial charge on any atom is -0.508 e. The highest BCUT2D eigenvalue weighted by Gasteiger charge is 2.37. The summed E-state index contributed by atoms with van der Waals surface area (Å²) in [5.74, 6) is -2.08. The largest absolute Gasteiger partial charge is 0.508 e. The third kappa shape index (κ3) is 7.23. The zero-order valence-corrected chi connectivity index (χ0v) is 21.0. The van der Waals surface area contributed by atoms with Crippen LogP contribution in [0, 0.1) is 5.82 Å². The number of aromatic hydroxyl groups is 1. The van der Waals surface area contributed by atoms with Gasteiger partial charge in [0.2, 0.25) is 0 Å². The van der Waals surface area contributed by atoms with Crippen molar-refractivity contribution in [3.63, 3.8) is 0 Å². The van der Waals surface area contributed by atoms with E-state index in [1.165, 1.54) is 43.5 Å². The molecule has 198 valence electrons. The predicted octanol–water partition coefficient (Wildman–Crippen LogP) is 7.37. The van der Waals surface area contributed by atoms with Crippen LogP contribution in [0.3, 0.4) is 0 Å². The molecule has 1 aliphatic heterocycles. The molecule has 1 amide bonds. The third-order valence-electron chi connectivity index (χ3n) is 6.41. The fourth-order valence-electron chi connectivity index (χ4n) is 4.54. The molecule has 0 unspecified atom stereocenters. The molecule has 9 heteroatoms. The summed E-state index contributed by atoms with van der Waals surface area (Å²) >= 11 is 0. The maximum absolute atomic E-state index is 13.6. The van der Waals surface area contributed by atoms with Gasteiger partial charge in [0.15, 0.2) is 0 Å². The molecule has 3 aromatic carbocycles. The lowest BCUT2D eigenvalue weighted by Gasteiger charge is -2.26. The molecule has 4 nitrogen and oxygen atoms in total. The molecule has 0 radical (unpaired) electrons. The molecule has 3 aromatic rings. The smallest absolute Gasteiger partial charge is 0.417 e. The summed E-state index contributed by atoms with van der Waals surface area (Å²) in [5, 5.41) is 9.66.